The van der Waals surface area contributed by atoms with E-state index >= 15 is 0 Å². The van der Waals surface area contributed by atoms with Crippen molar-refractivity contribution < 1.29 is 9.18 Å². The summed E-state index contributed by atoms with van der Waals surface area (Å²) >= 11 is 0. The zero-order valence-corrected chi connectivity index (χ0v) is 10.6. The van der Waals surface area contributed by atoms with Gasteiger partial charge in [0.25, 0.3) is 0 Å². The Hall–Kier alpha value is -1.42. The van der Waals surface area contributed by atoms with Crippen LogP contribution in [0, 0.1) is 11.2 Å². The van der Waals surface area contributed by atoms with E-state index in [1.165, 1.54) is 12.1 Å². The quantitative estimate of drug-likeness (QED) is 0.803. The van der Waals surface area contributed by atoms with Gasteiger partial charge in [0.05, 0.1) is 6.42 Å². The molecule has 0 radical (unpaired) electrons. The molecule has 0 aromatic heterocycles. The molecular formula is C14H19FN2O. The van der Waals surface area contributed by atoms with Gasteiger partial charge in [-0.25, -0.2) is 4.39 Å². The summed E-state index contributed by atoms with van der Waals surface area (Å²) in [5.41, 5.74) is 0.970. The predicted molar refractivity (Wildman–Crippen MR) is 68.7 cm³/mol. The molecule has 4 heteroatoms. The van der Waals surface area contributed by atoms with Crippen LogP contribution in [0.1, 0.15) is 18.4 Å². The van der Waals surface area contributed by atoms with Gasteiger partial charge >= 0.3 is 0 Å². The van der Waals surface area contributed by atoms with E-state index in [1.807, 2.05) is 7.05 Å². The Labute approximate surface area is 107 Å². The van der Waals surface area contributed by atoms with Gasteiger partial charge in [0.15, 0.2) is 0 Å². The highest BCUT2D eigenvalue weighted by Gasteiger charge is 2.41. The minimum Gasteiger partial charge on any atom is -0.355 e. The first-order chi connectivity index (χ1) is 8.63. The van der Waals surface area contributed by atoms with E-state index in [4.69, 9.17) is 0 Å². The summed E-state index contributed by atoms with van der Waals surface area (Å²) in [5.74, 6) is -0.336. The van der Waals surface area contributed by atoms with Gasteiger partial charge in [-0.1, -0.05) is 12.1 Å². The molecule has 1 aromatic rings. The van der Waals surface area contributed by atoms with E-state index < -0.39 is 0 Å². The van der Waals surface area contributed by atoms with Crippen molar-refractivity contribution in [3.63, 3.8) is 0 Å². The Bertz CT molecular complexity index is 430. The van der Waals surface area contributed by atoms with Gasteiger partial charge in [-0.2, -0.15) is 0 Å². The molecule has 0 bridgehead atoms. The van der Waals surface area contributed by atoms with Gasteiger partial charge < -0.3 is 10.6 Å². The fraction of sp³-hybridized carbons (Fsp3) is 0.500. The van der Waals surface area contributed by atoms with Crippen molar-refractivity contribution in [3.05, 3.63) is 35.6 Å². The monoisotopic (exact) mass is 250 g/mol. The number of rotatable bonds is 6. The van der Waals surface area contributed by atoms with Crippen LogP contribution in [0.4, 0.5) is 4.39 Å². The van der Waals surface area contributed by atoms with Crippen molar-refractivity contribution in [2.75, 3.05) is 20.1 Å². The molecule has 3 nitrogen and oxygen atoms in total. The van der Waals surface area contributed by atoms with Crippen LogP contribution in [0.5, 0.6) is 0 Å². The first-order valence-corrected chi connectivity index (χ1v) is 6.29. The number of amides is 1. The molecule has 1 fully saturated rings. The molecule has 18 heavy (non-hydrogen) atoms. The molecule has 0 aliphatic heterocycles. The summed E-state index contributed by atoms with van der Waals surface area (Å²) in [6.07, 6.45) is 2.57. The molecule has 1 aliphatic rings. The maximum atomic E-state index is 13.0. The summed E-state index contributed by atoms with van der Waals surface area (Å²) in [4.78, 5) is 11.7. The Kier molecular flexibility index (Phi) is 3.97. The molecule has 0 spiro atoms. The number of benzene rings is 1. The van der Waals surface area contributed by atoms with E-state index in [0.29, 0.717) is 12.1 Å². The zero-order valence-electron chi connectivity index (χ0n) is 10.6. The zero-order chi connectivity index (χ0) is 13.0. The highest BCUT2D eigenvalue weighted by Crippen LogP contribution is 2.44. The van der Waals surface area contributed by atoms with E-state index in [9.17, 15) is 9.18 Å². The molecule has 1 aromatic carbocycles. The summed E-state index contributed by atoms with van der Waals surface area (Å²) in [6, 6.07) is 6.18. The van der Waals surface area contributed by atoms with Crippen LogP contribution in [-0.4, -0.2) is 26.0 Å². The first kappa shape index (κ1) is 13.0. The third-order valence-electron chi connectivity index (χ3n) is 3.42. The molecule has 1 saturated carbocycles. The number of nitrogens with one attached hydrogen (secondary N) is 2. The van der Waals surface area contributed by atoms with Gasteiger partial charge in [0.2, 0.25) is 5.91 Å². The van der Waals surface area contributed by atoms with E-state index in [2.05, 4.69) is 10.6 Å². The maximum absolute atomic E-state index is 13.0. The van der Waals surface area contributed by atoms with Crippen molar-refractivity contribution in [3.8, 4) is 0 Å². The van der Waals surface area contributed by atoms with Crippen LogP contribution in [0.15, 0.2) is 24.3 Å². The van der Waals surface area contributed by atoms with Crippen molar-refractivity contribution >= 4 is 5.91 Å². The Morgan fingerprint density at radius 3 is 2.78 bits per heavy atom. The second-order valence-electron chi connectivity index (χ2n) is 5.11. The van der Waals surface area contributed by atoms with Crippen molar-refractivity contribution in [1.82, 2.24) is 10.6 Å². The third kappa shape index (κ3) is 3.53. The molecule has 2 N–H and O–H groups in total. The average molecular weight is 250 g/mol. The van der Waals surface area contributed by atoms with Crippen molar-refractivity contribution in [2.45, 2.75) is 19.3 Å². The number of hydrogen-bond donors (Lipinski definition) is 2. The first-order valence-electron chi connectivity index (χ1n) is 6.29. The lowest BCUT2D eigenvalue weighted by Gasteiger charge is -2.15. The van der Waals surface area contributed by atoms with Crippen molar-refractivity contribution in [1.29, 1.82) is 0 Å². The summed E-state index contributed by atoms with van der Waals surface area (Å²) in [5, 5.41) is 6.09. The summed E-state index contributed by atoms with van der Waals surface area (Å²) < 4.78 is 13.0. The molecule has 2 rings (SSSR count). The van der Waals surface area contributed by atoms with Crippen molar-refractivity contribution in [2.24, 2.45) is 5.41 Å². The second-order valence-corrected chi connectivity index (χ2v) is 5.11. The molecule has 1 aliphatic carbocycles. The lowest BCUT2D eigenvalue weighted by Crippen LogP contribution is -2.35. The number of carbonyl (C=O) groups is 1. The molecule has 0 unspecified atom stereocenters. The highest BCUT2D eigenvalue weighted by atomic mass is 19.1. The predicted octanol–water partition coefficient (Wildman–Crippen LogP) is 1.48. The molecular weight excluding hydrogens is 231 g/mol. The van der Waals surface area contributed by atoms with Crippen LogP contribution in [-0.2, 0) is 11.2 Å². The Morgan fingerprint density at radius 1 is 1.39 bits per heavy atom. The van der Waals surface area contributed by atoms with E-state index in [1.54, 1.807) is 12.1 Å². The molecule has 0 saturated heterocycles. The van der Waals surface area contributed by atoms with E-state index in [-0.39, 0.29) is 23.6 Å². The van der Waals surface area contributed by atoms with Gasteiger partial charge in [-0.3, -0.25) is 4.79 Å². The lowest BCUT2D eigenvalue weighted by atomic mass is 10.1. The largest absolute Gasteiger partial charge is 0.355 e. The molecule has 0 atom stereocenters. The van der Waals surface area contributed by atoms with Crippen LogP contribution >= 0.6 is 0 Å². The molecule has 1 amide bonds. The summed E-state index contributed by atoms with van der Waals surface area (Å²) in [7, 11) is 1.93. The number of halogens is 1. The van der Waals surface area contributed by atoms with Gasteiger partial charge in [0.1, 0.15) is 5.82 Å². The normalized spacial score (nSPS) is 16.3. The minimum absolute atomic E-state index is 0.0389. The SMILES string of the molecule is CNCC1(CNC(=O)Cc2cccc(F)c2)CC1. The molecule has 98 valence electrons. The van der Waals surface area contributed by atoms with Crippen LogP contribution in [0.2, 0.25) is 0 Å². The van der Waals surface area contributed by atoms with Gasteiger partial charge in [-0.05, 0) is 37.6 Å². The average Bonchev–Trinajstić information content (AvgIpc) is 3.08. The molecule has 0 heterocycles. The highest BCUT2D eigenvalue weighted by molar-refractivity contribution is 5.78. The smallest absolute Gasteiger partial charge is 0.224 e. The standard InChI is InChI=1S/C14H19FN2O/c1-16-9-14(5-6-14)10-17-13(18)8-11-3-2-4-12(15)7-11/h2-4,7,16H,5-6,8-10H2,1H3,(H,17,18). The fourth-order valence-electron chi connectivity index (χ4n) is 2.15. The van der Waals surface area contributed by atoms with Gasteiger partial charge in [-0.15, -0.1) is 0 Å². The maximum Gasteiger partial charge on any atom is 0.224 e. The minimum atomic E-state index is -0.297. The van der Waals surface area contributed by atoms with Crippen LogP contribution in [0.3, 0.4) is 0 Å². The lowest BCUT2D eigenvalue weighted by molar-refractivity contribution is -0.120. The summed E-state index contributed by atoms with van der Waals surface area (Å²) in [6.45, 7) is 1.65. The Balaban J connectivity index is 1.79. The second kappa shape index (κ2) is 5.48. The topological polar surface area (TPSA) is 41.1 Å². The van der Waals surface area contributed by atoms with Crippen LogP contribution in [0.25, 0.3) is 0 Å². The van der Waals surface area contributed by atoms with Crippen LogP contribution < -0.4 is 10.6 Å². The van der Waals surface area contributed by atoms with Gasteiger partial charge in [0, 0.05) is 18.5 Å². The third-order valence-corrected chi connectivity index (χ3v) is 3.42. The number of hydrogen-bond acceptors (Lipinski definition) is 2. The van der Waals surface area contributed by atoms with E-state index in [0.717, 1.165) is 19.4 Å². The number of carbonyl (C=O) groups excluding carboxylic acids is 1. The fourth-order valence-corrected chi connectivity index (χ4v) is 2.15. The Morgan fingerprint density at radius 2 is 2.17 bits per heavy atom.